The summed E-state index contributed by atoms with van der Waals surface area (Å²) in [4.78, 5) is 17.7. The second-order valence-corrected chi connectivity index (χ2v) is 7.82. The molecule has 0 saturated carbocycles. The summed E-state index contributed by atoms with van der Waals surface area (Å²) in [6, 6.07) is 3.86. The van der Waals surface area contributed by atoms with Gasteiger partial charge in [0.2, 0.25) is 5.91 Å². The van der Waals surface area contributed by atoms with Gasteiger partial charge in [-0.05, 0) is 25.1 Å². The maximum Gasteiger partial charge on any atom is 0.257 e. The zero-order valence-electron chi connectivity index (χ0n) is 11.3. The lowest BCUT2D eigenvalue weighted by Gasteiger charge is -2.08. The molecule has 0 bridgehead atoms. The number of hydrazine groups is 1. The van der Waals surface area contributed by atoms with Crippen LogP contribution in [-0.2, 0) is 21.2 Å². The number of aromatic nitrogens is 1. The van der Waals surface area contributed by atoms with Crippen LogP contribution >= 0.6 is 34.5 Å². The largest absolute Gasteiger partial charge is 0.277 e. The second kappa shape index (κ2) is 6.93. The van der Waals surface area contributed by atoms with Crippen LogP contribution in [0.15, 0.2) is 28.5 Å². The topological polar surface area (TPSA) is 88.2 Å². The van der Waals surface area contributed by atoms with E-state index < -0.39 is 15.9 Å². The summed E-state index contributed by atoms with van der Waals surface area (Å²) < 4.78 is 24.1. The quantitative estimate of drug-likeness (QED) is 0.780. The van der Waals surface area contributed by atoms with Gasteiger partial charge in [0.15, 0.2) is 0 Å². The fourth-order valence-electron chi connectivity index (χ4n) is 1.53. The highest BCUT2D eigenvalue weighted by atomic mass is 35.5. The van der Waals surface area contributed by atoms with Crippen molar-refractivity contribution in [3.63, 3.8) is 0 Å². The lowest BCUT2D eigenvalue weighted by molar-refractivity contribution is -0.120. The van der Waals surface area contributed by atoms with Gasteiger partial charge in [-0.1, -0.05) is 23.2 Å². The van der Waals surface area contributed by atoms with Crippen molar-refractivity contribution >= 4 is 50.5 Å². The van der Waals surface area contributed by atoms with E-state index in [4.69, 9.17) is 23.2 Å². The molecule has 0 aliphatic rings. The van der Waals surface area contributed by atoms with Crippen molar-refractivity contribution in [3.8, 4) is 0 Å². The Hall–Kier alpha value is -1.19. The Morgan fingerprint density at radius 3 is 2.45 bits per heavy atom. The number of aryl methyl sites for hydroxylation is 1. The molecular formula is C12H11Cl2N3O3S2. The van der Waals surface area contributed by atoms with Crippen LogP contribution in [0.3, 0.4) is 0 Å². The molecule has 118 valence electrons. The first-order chi connectivity index (χ1) is 10.3. The van der Waals surface area contributed by atoms with Crippen molar-refractivity contribution in [2.45, 2.75) is 18.2 Å². The van der Waals surface area contributed by atoms with Crippen LogP contribution in [0.25, 0.3) is 0 Å². The van der Waals surface area contributed by atoms with Crippen LogP contribution in [0, 0.1) is 6.92 Å². The third kappa shape index (κ3) is 4.65. The highest BCUT2D eigenvalue weighted by molar-refractivity contribution is 7.89. The van der Waals surface area contributed by atoms with Crippen molar-refractivity contribution < 1.29 is 13.2 Å². The van der Waals surface area contributed by atoms with Gasteiger partial charge in [0, 0.05) is 21.1 Å². The molecule has 0 atom stereocenters. The molecule has 0 radical (unpaired) electrons. The van der Waals surface area contributed by atoms with Gasteiger partial charge in [-0.3, -0.25) is 10.2 Å². The Labute approximate surface area is 141 Å². The number of nitrogens with one attached hydrogen (secondary N) is 2. The Bertz CT molecular complexity index is 785. The Balaban J connectivity index is 2.01. The summed E-state index contributed by atoms with van der Waals surface area (Å²) in [5, 5.41) is 2.76. The number of rotatable bonds is 5. The van der Waals surface area contributed by atoms with Gasteiger partial charge in [-0.25, -0.2) is 13.4 Å². The van der Waals surface area contributed by atoms with Gasteiger partial charge in [0.25, 0.3) is 10.0 Å². The fraction of sp³-hybridized carbons (Fsp3) is 0.167. The minimum absolute atomic E-state index is 0.0165. The molecule has 2 aromatic rings. The molecule has 0 spiro atoms. The van der Waals surface area contributed by atoms with E-state index in [-0.39, 0.29) is 21.4 Å². The smallest absolute Gasteiger partial charge is 0.257 e. The predicted molar refractivity (Wildman–Crippen MR) is 85.5 cm³/mol. The van der Waals surface area contributed by atoms with Crippen molar-refractivity contribution in [1.29, 1.82) is 0 Å². The van der Waals surface area contributed by atoms with E-state index in [1.807, 2.05) is 11.8 Å². The molecule has 10 heteroatoms. The molecule has 1 amide bonds. The SMILES string of the molecule is Cc1csc(CC(=O)NNS(=O)(=O)c2cc(Cl)cc(Cl)c2)n1. The molecule has 1 aromatic heterocycles. The molecule has 0 saturated heterocycles. The Morgan fingerprint density at radius 1 is 1.27 bits per heavy atom. The molecule has 22 heavy (non-hydrogen) atoms. The van der Waals surface area contributed by atoms with Crippen LogP contribution in [0.4, 0.5) is 0 Å². The van der Waals surface area contributed by atoms with Crippen molar-refractivity contribution in [3.05, 3.63) is 44.3 Å². The maximum absolute atomic E-state index is 12.0. The number of sulfonamides is 1. The molecule has 0 aliphatic carbocycles. The number of carbonyl (C=O) groups excluding carboxylic acids is 1. The highest BCUT2D eigenvalue weighted by Gasteiger charge is 2.17. The number of nitrogens with zero attached hydrogens (tertiary/aromatic N) is 1. The zero-order chi connectivity index (χ0) is 16.3. The number of thiazole rings is 1. The Morgan fingerprint density at radius 2 is 1.91 bits per heavy atom. The first-order valence-corrected chi connectivity index (χ1v) is 9.06. The normalized spacial score (nSPS) is 11.4. The van der Waals surface area contributed by atoms with Gasteiger partial charge >= 0.3 is 0 Å². The summed E-state index contributed by atoms with van der Waals surface area (Å²) in [6.07, 6.45) is -0.0165. The molecule has 0 fully saturated rings. The van der Waals surface area contributed by atoms with Gasteiger partial charge in [-0.15, -0.1) is 16.2 Å². The molecule has 1 heterocycles. The molecule has 1 aromatic carbocycles. The van der Waals surface area contributed by atoms with Crippen molar-refractivity contribution in [1.82, 2.24) is 15.2 Å². The van der Waals surface area contributed by atoms with Crippen molar-refractivity contribution in [2.75, 3.05) is 0 Å². The van der Waals surface area contributed by atoms with E-state index >= 15 is 0 Å². The third-order valence-corrected chi connectivity index (χ3v) is 5.08. The van der Waals surface area contributed by atoms with Gasteiger partial charge < -0.3 is 0 Å². The van der Waals surface area contributed by atoms with E-state index in [0.717, 1.165) is 5.69 Å². The average molecular weight is 380 g/mol. The summed E-state index contributed by atoms with van der Waals surface area (Å²) in [7, 11) is -3.96. The second-order valence-electron chi connectivity index (χ2n) is 4.32. The van der Waals surface area contributed by atoms with Crippen LogP contribution in [-0.4, -0.2) is 19.3 Å². The van der Waals surface area contributed by atoms with E-state index in [0.29, 0.717) is 5.01 Å². The van der Waals surface area contributed by atoms with Crippen LogP contribution in [0.1, 0.15) is 10.7 Å². The summed E-state index contributed by atoms with van der Waals surface area (Å²) in [5.74, 6) is -0.522. The average Bonchev–Trinajstić information content (AvgIpc) is 2.81. The number of hydrogen-bond acceptors (Lipinski definition) is 5. The van der Waals surface area contributed by atoms with Crippen LogP contribution in [0.2, 0.25) is 10.0 Å². The van der Waals surface area contributed by atoms with E-state index in [9.17, 15) is 13.2 Å². The van der Waals surface area contributed by atoms with E-state index in [1.54, 1.807) is 5.38 Å². The molecule has 0 aliphatic heterocycles. The number of hydrogen-bond donors (Lipinski definition) is 2. The van der Waals surface area contributed by atoms with Crippen LogP contribution < -0.4 is 10.3 Å². The first kappa shape index (κ1) is 17.2. The number of carbonyl (C=O) groups is 1. The molecule has 0 unspecified atom stereocenters. The number of benzene rings is 1. The summed E-state index contributed by atoms with van der Waals surface area (Å²) in [6.45, 7) is 1.81. The van der Waals surface area contributed by atoms with Gasteiger partial charge in [-0.2, -0.15) is 0 Å². The maximum atomic E-state index is 12.0. The summed E-state index contributed by atoms with van der Waals surface area (Å²) >= 11 is 12.8. The number of halogens is 2. The van der Waals surface area contributed by atoms with Gasteiger partial charge in [0.05, 0.1) is 11.3 Å². The number of amides is 1. The van der Waals surface area contributed by atoms with E-state index in [2.05, 4.69) is 10.4 Å². The van der Waals surface area contributed by atoms with Crippen molar-refractivity contribution in [2.24, 2.45) is 0 Å². The molecule has 2 N–H and O–H groups in total. The lowest BCUT2D eigenvalue weighted by atomic mass is 10.4. The predicted octanol–water partition coefficient (Wildman–Crippen LogP) is 2.31. The zero-order valence-corrected chi connectivity index (χ0v) is 14.4. The van der Waals surface area contributed by atoms with E-state index in [1.165, 1.54) is 29.5 Å². The molecule has 2 rings (SSSR count). The monoisotopic (exact) mass is 379 g/mol. The van der Waals surface area contributed by atoms with Crippen LogP contribution in [0.5, 0.6) is 0 Å². The fourth-order valence-corrected chi connectivity index (χ4v) is 3.89. The molecular weight excluding hydrogens is 369 g/mol. The third-order valence-electron chi connectivity index (χ3n) is 2.45. The lowest BCUT2D eigenvalue weighted by Crippen LogP contribution is -2.42. The standard InChI is InChI=1S/C12H11Cl2N3O3S2/c1-7-6-21-12(15-7)5-11(18)16-17-22(19,20)10-3-8(13)2-9(14)4-10/h2-4,6,17H,5H2,1H3,(H,16,18). The van der Waals surface area contributed by atoms with Gasteiger partial charge in [0.1, 0.15) is 5.01 Å². The molecule has 6 nitrogen and oxygen atoms in total. The highest BCUT2D eigenvalue weighted by Crippen LogP contribution is 2.21. The minimum Gasteiger partial charge on any atom is -0.277 e. The minimum atomic E-state index is -3.96. The Kier molecular flexibility index (Phi) is 5.41. The first-order valence-electron chi connectivity index (χ1n) is 5.94. The summed E-state index contributed by atoms with van der Waals surface area (Å²) in [5.41, 5.74) is 2.93.